The minimum absolute atomic E-state index is 0.0138. The van der Waals surface area contributed by atoms with E-state index in [9.17, 15) is 13.6 Å². The van der Waals surface area contributed by atoms with Crippen LogP contribution in [0.25, 0.3) is 0 Å². The molecule has 1 aromatic heterocycles. The first-order valence-corrected chi connectivity index (χ1v) is 6.94. The van der Waals surface area contributed by atoms with Crippen molar-refractivity contribution in [2.75, 3.05) is 11.9 Å². The summed E-state index contributed by atoms with van der Waals surface area (Å²) in [5.41, 5.74) is -0.450. The van der Waals surface area contributed by atoms with Gasteiger partial charge in [-0.15, -0.1) is 0 Å². The molecule has 0 saturated carbocycles. The van der Waals surface area contributed by atoms with Crippen molar-refractivity contribution in [1.29, 1.82) is 5.41 Å². The number of nitrogens with zero attached hydrogens (tertiary/aromatic N) is 1. The number of esters is 1. The third-order valence-electron chi connectivity index (χ3n) is 2.90. The summed E-state index contributed by atoms with van der Waals surface area (Å²) in [5, 5.41) is 9.77. The number of para-hydroxylation sites is 1. The van der Waals surface area contributed by atoms with Crippen molar-refractivity contribution >= 4 is 35.3 Å². The van der Waals surface area contributed by atoms with Gasteiger partial charge in [-0.25, -0.2) is 18.6 Å². The number of ether oxygens (including phenoxy) is 1. The van der Waals surface area contributed by atoms with Crippen LogP contribution in [0.2, 0.25) is 5.02 Å². The van der Waals surface area contributed by atoms with E-state index in [1.807, 2.05) is 0 Å². The van der Waals surface area contributed by atoms with Crippen molar-refractivity contribution in [3.8, 4) is 0 Å². The number of nitrogens with one attached hydrogen (secondary N) is 2. The number of rotatable bonds is 5. The van der Waals surface area contributed by atoms with Gasteiger partial charge in [0.15, 0.2) is 0 Å². The summed E-state index contributed by atoms with van der Waals surface area (Å²) in [5.74, 6) is -2.40. The number of pyridine rings is 1. The molecule has 120 valence electrons. The number of carbonyl (C=O) groups excluding carboxylic acids is 1. The molecular formula is C15H12ClF2N3O2. The Kier molecular flexibility index (Phi) is 5.23. The zero-order valence-electron chi connectivity index (χ0n) is 12.0. The molecule has 2 N–H and O–H groups in total. The Hall–Kier alpha value is -2.54. The summed E-state index contributed by atoms with van der Waals surface area (Å²) < 4.78 is 32.2. The predicted molar refractivity (Wildman–Crippen MR) is 82.7 cm³/mol. The average molecular weight is 340 g/mol. The zero-order chi connectivity index (χ0) is 17.0. The Morgan fingerprint density at radius 3 is 2.65 bits per heavy atom. The molecule has 0 atom stereocenters. The molecule has 0 amide bonds. The minimum Gasteiger partial charge on any atom is -0.462 e. The lowest BCUT2D eigenvalue weighted by molar-refractivity contribution is 0.0526. The van der Waals surface area contributed by atoms with Crippen molar-refractivity contribution in [1.82, 2.24) is 4.98 Å². The third kappa shape index (κ3) is 3.45. The van der Waals surface area contributed by atoms with Gasteiger partial charge in [-0.1, -0.05) is 17.7 Å². The Morgan fingerprint density at radius 1 is 1.43 bits per heavy atom. The van der Waals surface area contributed by atoms with Crippen LogP contribution in [-0.2, 0) is 4.74 Å². The van der Waals surface area contributed by atoms with Crippen molar-refractivity contribution in [3.05, 3.63) is 52.2 Å². The molecular weight excluding hydrogens is 328 g/mol. The molecule has 0 radical (unpaired) electrons. The first-order valence-electron chi connectivity index (χ1n) is 6.56. The molecule has 0 aliphatic rings. The molecule has 0 saturated heterocycles. The molecule has 23 heavy (non-hydrogen) atoms. The van der Waals surface area contributed by atoms with E-state index in [2.05, 4.69) is 10.3 Å². The van der Waals surface area contributed by atoms with E-state index in [1.54, 1.807) is 6.92 Å². The van der Waals surface area contributed by atoms with E-state index in [1.165, 1.54) is 6.07 Å². The molecule has 1 aromatic carbocycles. The molecule has 0 unspecified atom stereocenters. The summed E-state index contributed by atoms with van der Waals surface area (Å²) in [4.78, 5) is 15.7. The average Bonchev–Trinajstić information content (AvgIpc) is 2.51. The molecule has 8 heteroatoms. The van der Waals surface area contributed by atoms with Crippen LogP contribution >= 0.6 is 11.6 Å². The number of halogens is 3. The number of hydrogen-bond acceptors (Lipinski definition) is 5. The predicted octanol–water partition coefficient (Wildman–Crippen LogP) is 3.93. The smallest absolute Gasteiger partial charge is 0.341 e. The number of carbonyl (C=O) groups is 1. The van der Waals surface area contributed by atoms with E-state index in [-0.39, 0.29) is 28.6 Å². The molecule has 5 nitrogen and oxygen atoms in total. The van der Waals surface area contributed by atoms with E-state index in [4.69, 9.17) is 21.7 Å². The third-order valence-corrected chi connectivity index (χ3v) is 3.30. The number of hydrogen-bond donors (Lipinski definition) is 2. The van der Waals surface area contributed by atoms with E-state index in [0.29, 0.717) is 0 Å². The van der Waals surface area contributed by atoms with Gasteiger partial charge >= 0.3 is 5.97 Å². The molecule has 0 aliphatic heterocycles. The molecule has 0 spiro atoms. The summed E-state index contributed by atoms with van der Waals surface area (Å²) in [6.45, 7) is 1.78. The number of aromatic nitrogens is 1. The van der Waals surface area contributed by atoms with Crippen LogP contribution in [0.1, 0.15) is 22.8 Å². The lowest BCUT2D eigenvalue weighted by Gasteiger charge is -2.13. The number of benzene rings is 1. The van der Waals surface area contributed by atoms with Crippen LogP contribution in [0.15, 0.2) is 24.4 Å². The van der Waals surface area contributed by atoms with Crippen molar-refractivity contribution in [2.24, 2.45) is 0 Å². The molecule has 0 bridgehead atoms. The highest BCUT2D eigenvalue weighted by molar-refractivity contribution is 6.36. The van der Waals surface area contributed by atoms with Gasteiger partial charge in [0.1, 0.15) is 23.1 Å². The fourth-order valence-corrected chi connectivity index (χ4v) is 2.09. The minimum atomic E-state index is -0.826. The van der Waals surface area contributed by atoms with E-state index >= 15 is 0 Å². The van der Waals surface area contributed by atoms with Crippen molar-refractivity contribution in [3.63, 3.8) is 0 Å². The maximum atomic E-state index is 13.7. The fourth-order valence-electron chi connectivity index (χ4n) is 1.82. The Morgan fingerprint density at radius 2 is 2.09 bits per heavy atom. The quantitative estimate of drug-likeness (QED) is 0.639. The largest absolute Gasteiger partial charge is 0.462 e. The monoisotopic (exact) mass is 339 g/mol. The zero-order valence-corrected chi connectivity index (χ0v) is 12.7. The van der Waals surface area contributed by atoms with Gasteiger partial charge in [0.05, 0.1) is 22.8 Å². The van der Waals surface area contributed by atoms with Gasteiger partial charge in [-0.2, -0.15) is 0 Å². The second-order valence-electron chi connectivity index (χ2n) is 4.33. The van der Waals surface area contributed by atoms with Gasteiger partial charge < -0.3 is 15.5 Å². The van der Waals surface area contributed by atoms with Crippen LogP contribution in [0, 0.1) is 17.0 Å². The van der Waals surface area contributed by atoms with E-state index in [0.717, 1.165) is 24.5 Å². The summed E-state index contributed by atoms with van der Waals surface area (Å²) in [7, 11) is 0. The van der Waals surface area contributed by atoms with E-state index < -0.39 is 23.3 Å². The summed E-state index contributed by atoms with van der Waals surface area (Å²) in [6.07, 6.45) is 1.95. The second kappa shape index (κ2) is 7.15. The normalized spacial score (nSPS) is 10.3. The highest BCUT2D eigenvalue weighted by Crippen LogP contribution is 2.29. The maximum absolute atomic E-state index is 13.7. The van der Waals surface area contributed by atoms with Crippen LogP contribution in [-0.4, -0.2) is 23.8 Å². The van der Waals surface area contributed by atoms with Gasteiger partial charge in [0.25, 0.3) is 0 Å². The highest BCUT2D eigenvalue weighted by atomic mass is 35.5. The second-order valence-corrected chi connectivity index (χ2v) is 4.71. The standard InChI is InChI=1S/C15H12ClF2N3O2/c1-2-23-15(22)9-7-20-14(8(6-19)12(9)16)21-13-10(17)4-3-5-11(13)18/h3-7,19H,2H2,1H3,(H,20,21). The fraction of sp³-hybridized carbons (Fsp3) is 0.133. The van der Waals surface area contributed by atoms with Gasteiger partial charge in [-0.3, -0.25) is 0 Å². The lowest BCUT2D eigenvalue weighted by atomic mass is 10.2. The Balaban J connectivity index is 2.46. The first-order chi connectivity index (χ1) is 11.0. The number of anilines is 2. The highest BCUT2D eigenvalue weighted by Gasteiger charge is 2.19. The first kappa shape index (κ1) is 16.8. The van der Waals surface area contributed by atoms with Crippen LogP contribution in [0.3, 0.4) is 0 Å². The lowest BCUT2D eigenvalue weighted by Crippen LogP contribution is -2.10. The molecule has 0 fully saturated rings. The summed E-state index contributed by atoms with van der Waals surface area (Å²) in [6, 6.07) is 3.37. The van der Waals surface area contributed by atoms with Crippen LogP contribution in [0.5, 0.6) is 0 Å². The molecule has 1 heterocycles. The van der Waals surface area contributed by atoms with Gasteiger partial charge in [0.2, 0.25) is 0 Å². The van der Waals surface area contributed by atoms with Crippen LogP contribution in [0.4, 0.5) is 20.3 Å². The molecule has 2 rings (SSSR count). The topological polar surface area (TPSA) is 75.1 Å². The van der Waals surface area contributed by atoms with Crippen molar-refractivity contribution in [2.45, 2.75) is 6.92 Å². The molecule has 2 aromatic rings. The maximum Gasteiger partial charge on any atom is 0.341 e. The summed E-state index contributed by atoms with van der Waals surface area (Å²) >= 11 is 6.07. The SMILES string of the molecule is CCOC(=O)c1cnc(Nc2c(F)cccc2F)c(C=N)c1Cl. The molecule has 0 aliphatic carbocycles. The van der Waals surface area contributed by atoms with Gasteiger partial charge in [-0.05, 0) is 19.1 Å². The Bertz CT molecular complexity index is 748. The van der Waals surface area contributed by atoms with Gasteiger partial charge in [0, 0.05) is 12.4 Å². The Labute approximate surface area is 135 Å². The van der Waals surface area contributed by atoms with Crippen LogP contribution < -0.4 is 5.32 Å². The van der Waals surface area contributed by atoms with Crippen molar-refractivity contribution < 1.29 is 18.3 Å².